The van der Waals surface area contributed by atoms with Crippen molar-refractivity contribution in [2.24, 2.45) is 0 Å². The fourth-order valence-corrected chi connectivity index (χ4v) is 2.54. The van der Waals surface area contributed by atoms with Crippen molar-refractivity contribution in [1.29, 1.82) is 0 Å². The van der Waals surface area contributed by atoms with Gasteiger partial charge in [-0.25, -0.2) is 15.0 Å². The van der Waals surface area contributed by atoms with E-state index in [1.807, 2.05) is 48.7 Å². The number of rotatable bonds is 3. The molecule has 7 heteroatoms. The summed E-state index contributed by atoms with van der Waals surface area (Å²) in [4.78, 5) is 24.6. The Balaban J connectivity index is 1.93. The summed E-state index contributed by atoms with van der Waals surface area (Å²) in [6.45, 7) is 3.72. The van der Waals surface area contributed by atoms with Crippen LogP contribution in [0.25, 0.3) is 5.69 Å². The molecule has 23 heavy (non-hydrogen) atoms. The lowest BCUT2D eigenvalue weighted by Gasteiger charge is -2.08. The van der Waals surface area contributed by atoms with Gasteiger partial charge in [-0.15, -0.1) is 0 Å². The Kier molecular flexibility index (Phi) is 4.08. The molecule has 0 aliphatic rings. The summed E-state index contributed by atoms with van der Waals surface area (Å²) in [7, 11) is 0. The average molecular weight is 328 g/mol. The highest BCUT2D eigenvalue weighted by Gasteiger charge is 2.19. The summed E-state index contributed by atoms with van der Waals surface area (Å²) >= 11 is 5.72. The second-order valence-electron chi connectivity index (χ2n) is 4.93. The van der Waals surface area contributed by atoms with E-state index in [9.17, 15) is 4.79 Å². The predicted molar refractivity (Wildman–Crippen MR) is 88.0 cm³/mol. The number of hydrogen-bond donors (Lipinski definition) is 1. The molecule has 0 atom stereocenters. The average Bonchev–Trinajstić information content (AvgIpc) is 2.83. The van der Waals surface area contributed by atoms with Crippen LogP contribution in [0.15, 0.2) is 42.6 Å². The molecule has 0 unspecified atom stereocenters. The molecule has 0 aliphatic heterocycles. The van der Waals surface area contributed by atoms with Crippen molar-refractivity contribution >= 4 is 23.3 Å². The third-order valence-electron chi connectivity index (χ3n) is 3.37. The molecule has 1 amide bonds. The van der Waals surface area contributed by atoms with Crippen LogP contribution >= 0.6 is 11.6 Å². The van der Waals surface area contributed by atoms with E-state index >= 15 is 0 Å². The number of carbonyl (C=O) groups is 1. The molecule has 0 radical (unpaired) electrons. The minimum absolute atomic E-state index is 0.0746. The molecule has 116 valence electrons. The van der Waals surface area contributed by atoms with Crippen LogP contribution in [-0.2, 0) is 0 Å². The summed E-state index contributed by atoms with van der Waals surface area (Å²) in [5.74, 6) is 0.732. The van der Waals surface area contributed by atoms with E-state index in [4.69, 9.17) is 11.6 Å². The molecule has 0 bridgehead atoms. The number of amides is 1. The van der Waals surface area contributed by atoms with E-state index in [1.165, 1.54) is 6.20 Å². The Morgan fingerprint density at radius 1 is 1.13 bits per heavy atom. The minimum Gasteiger partial charge on any atom is -0.305 e. The lowest BCUT2D eigenvalue weighted by Crippen LogP contribution is -2.15. The number of carbonyl (C=O) groups excluding carboxylic acids is 1. The molecule has 2 heterocycles. The molecule has 2 aromatic heterocycles. The van der Waals surface area contributed by atoms with E-state index < -0.39 is 0 Å². The zero-order valence-electron chi connectivity index (χ0n) is 12.6. The van der Waals surface area contributed by atoms with Gasteiger partial charge in [0, 0.05) is 11.9 Å². The maximum Gasteiger partial charge on any atom is 0.277 e. The molecule has 0 aliphatic carbocycles. The first kappa shape index (κ1) is 15.2. The predicted octanol–water partition coefficient (Wildman–Crippen LogP) is 3.18. The summed E-state index contributed by atoms with van der Waals surface area (Å²) in [6.07, 6.45) is 1.48. The number of halogens is 1. The number of nitrogens with zero attached hydrogens (tertiary/aromatic N) is 4. The van der Waals surface area contributed by atoms with Crippen LogP contribution < -0.4 is 5.32 Å². The second kappa shape index (κ2) is 6.18. The summed E-state index contributed by atoms with van der Waals surface area (Å²) in [6, 6.07) is 11.3. The maximum absolute atomic E-state index is 12.5. The molecular formula is C16H14ClN5O. The highest BCUT2D eigenvalue weighted by Crippen LogP contribution is 2.18. The zero-order valence-corrected chi connectivity index (χ0v) is 13.4. The molecule has 0 fully saturated rings. The molecule has 0 spiro atoms. The van der Waals surface area contributed by atoms with Crippen molar-refractivity contribution in [3.63, 3.8) is 0 Å². The number of aryl methyl sites for hydroxylation is 1. The summed E-state index contributed by atoms with van der Waals surface area (Å²) in [5, 5.41) is 2.76. The van der Waals surface area contributed by atoms with Gasteiger partial charge >= 0.3 is 0 Å². The van der Waals surface area contributed by atoms with Crippen LogP contribution in [0, 0.1) is 13.8 Å². The van der Waals surface area contributed by atoms with Gasteiger partial charge in [0.05, 0.1) is 5.69 Å². The van der Waals surface area contributed by atoms with Gasteiger partial charge in [0.15, 0.2) is 0 Å². The Morgan fingerprint density at radius 3 is 2.57 bits per heavy atom. The topological polar surface area (TPSA) is 72.7 Å². The minimum atomic E-state index is -0.338. The highest BCUT2D eigenvalue weighted by molar-refractivity contribution is 6.28. The van der Waals surface area contributed by atoms with Crippen LogP contribution in [0.2, 0.25) is 5.28 Å². The van der Waals surface area contributed by atoms with E-state index in [0.717, 1.165) is 17.2 Å². The van der Waals surface area contributed by atoms with Crippen molar-refractivity contribution < 1.29 is 4.79 Å². The van der Waals surface area contributed by atoms with Crippen LogP contribution in [0.4, 0.5) is 5.82 Å². The van der Waals surface area contributed by atoms with Crippen molar-refractivity contribution in [3.05, 3.63) is 65.1 Å². The first-order valence-corrected chi connectivity index (χ1v) is 7.35. The summed E-state index contributed by atoms with van der Waals surface area (Å²) in [5.41, 5.74) is 2.06. The van der Waals surface area contributed by atoms with Crippen LogP contribution in [0.1, 0.15) is 22.0 Å². The number of nitrogens with one attached hydrogen (secondary N) is 1. The molecule has 1 aromatic carbocycles. The van der Waals surface area contributed by atoms with Gasteiger partial charge in [0.1, 0.15) is 17.3 Å². The fraction of sp³-hybridized carbons (Fsp3) is 0.125. The van der Waals surface area contributed by atoms with E-state index in [2.05, 4.69) is 20.3 Å². The first-order chi connectivity index (χ1) is 11.1. The normalized spacial score (nSPS) is 10.6. The molecule has 3 rings (SSSR count). The van der Waals surface area contributed by atoms with E-state index in [1.54, 1.807) is 6.07 Å². The van der Waals surface area contributed by atoms with Gasteiger partial charge < -0.3 is 9.88 Å². The molecular weight excluding hydrogens is 314 g/mol. The number of anilines is 1. The van der Waals surface area contributed by atoms with Crippen LogP contribution in [-0.4, -0.2) is 25.4 Å². The molecule has 6 nitrogen and oxygen atoms in total. The Morgan fingerprint density at radius 2 is 1.87 bits per heavy atom. The number of aromatic nitrogens is 4. The third kappa shape index (κ3) is 3.07. The molecule has 0 saturated heterocycles. The summed E-state index contributed by atoms with van der Waals surface area (Å²) < 4.78 is 1.93. The standard InChI is InChI=1S/C16H14ClN5O/c1-10-14(15(23)20-13-8-9-18-16(17)21-13)19-11(2)22(10)12-6-4-3-5-7-12/h3-9H,1-2H3,(H,18,20,21,23). The van der Waals surface area contributed by atoms with Crippen LogP contribution in [0.3, 0.4) is 0 Å². The SMILES string of the molecule is Cc1nc(C(=O)Nc2ccnc(Cl)n2)c(C)n1-c1ccccc1. The van der Waals surface area contributed by atoms with Gasteiger partial charge in [0.25, 0.3) is 5.91 Å². The highest BCUT2D eigenvalue weighted by atomic mass is 35.5. The smallest absolute Gasteiger partial charge is 0.277 e. The third-order valence-corrected chi connectivity index (χ3v) is 3.55. The molecule has 0 saturated carbocycles. The monoisotopic (exact) mass is 327 g/mol. The van der Waals surface area contributed by atoms with E-state index in [0.29, 0.717) is 11.5 Å². The Hall–Kier alpha value is -2.73. The van der Waals surface area contributed by atoms with Gasteiger partial charge in [-0.3, -0.25) is 4.79 Å². The quantitative estimate of drug-likeness (QED) is 0.750. The van der Waals surface area contributed by atoms with E-state index in [-0.39, 0.29) is 11.2 Å². The number of hydrogen-bond acceptors (Lipinski definition) is 4. The lowest BCUT2D eigenvalue weighted by molar-refractivity contribution is 0.102. The second-order valence-corrected chi connectivity index (χ2v) is 5.27. The molecule has 3 aromatic rings. The zero-order chi connectivity index (χ0) is 16.4. The van der Waals surface area contributed by atoms with Gasteiger partial charge in [-0.05, 0) is 43.6 Å². The van der Waals surface area contributed by atoms with Crippen molar-refractivity contribution in [2.75, 3.05) is 5.32 Å². The van der Waals surface area contributed by atoms with Crippen molar-refractivity contribution in [2.45, 2.75) is 13.8 Å². The Bertz CT molecular complexity index is 860. The number of imidazole rings is 1. The number of para-hydroxylation sites is 1. The van der Waals surface area contributed by atoms with Crippen molar-refractivity contribution in [1.82, 2.24) is 19.5 Å². The first-order valence-electron chi connectivity index (χ1n) is 6.97. The van der Waals surface area contributed by atoms with Crippen LogP contribution in [0.5, 0.6) is 0 Å². The fourth-order valence-electron chi connectivity index (χ4n) is 2.39. The van der Waals surface area contributed by atoms with Gasteiger partial charge in [0.2, 0.25) is 5.28 Å². The lowest BCUT2D eigenvalue weighted by atomic mass is 10.2. The Labute approximate surface area is 138 Å². The largest absolute Gasteiger partial charge is 0.305 e. The maximum atomic E-state index is 12.5. The van der Waals surface area contributed by atoms with Crippen molar-refractivity contribution in [3.8, 4) is 5.69 Å². The molecule has 1 N–H and O–H groups in total. The number of benzene rings is 1. The van der Waals surface area contributed by atoms with Gasteiger partial charge in [-0.1, -0.05) is 18.2 Å². The van der Waals surface area contributed by atoms with Gasteiger partial charge in [-0.2, -0.15) is 0 Å².